The smallest absolute Gasteiger partial charge is 0.232 e. The molecule has 0 aromatic carbocycles. The zero-order valence-electron chi connectivity index (χ0n) is 10.5. The number of rotatable bonds is 8. The first-order valence-electron chi connectivity index (χ1n) is 5.96. The van der Waals surface area contributed by atoms with Crippen LogP contribution in [0.3, 0.4) is 0 Å². The Labute approximate surface area is 98.6 Å². The highest BCUT2D eigenvalue weighted by atomic mass is 32.2. The van der Waals surface area contributed by atoms with Gasteiger partial charge in [0.05, 0.1) is 5.25 Å². The quantitative estimate of drug-likeness (QED) is 0.695. The van der Waals surface area contributed by atoms with E-state index in [1.54, 1.807) is 11.8 Å². The minimum atomic E-state index is 0.0775. The van der Waals surface area contributed by atoms with Crippen LogP contribution in [0.2, 0.25) is 0 Å². The van der Waals surface area contributed by atoms with E-state index in [1.807, 2.05) is 13.2 Å². The molecule has 0 aliphatic heterocycles. The molecular formula is C12H25NOS. The van der Waals surface area contributed by atoms with Crippen LogP contribution in [0.1, 0.15) is 46.5 Å². The monoisotopic (exact) mass is 231 g/mol. The van der Waals surface area contributed by atoms with Gasteiger partial charge in [-0.2, -0.15) is 11.8 Å². The molecule has 0 fully saturated rings. The number of thioether (sulfide) groups is 1. The van der Waals surface area contributed by atoms with E-state index >= 15 is 0 Å². The van der Waals surface area contributed by atoms with Crippen LogP contribution in [0.25, 0.3) is 0 Å². The molecule has 0 aromatic rings. The zero-order chi connectivity index (χ0) is 11.7. The normalized spacial score (nSPS) is 14.7. The molecule has 1 amide bonds. The van der Waals surface area contributed by atoms with Gasteiger partial charge in [-0.15, -0.1) is 0 Å². The lowest BCUT2D eigenvalue weighted by Gasteiger charge is -2.16. The Morgan fingerprint density at radius 2 is 2.07 bits per heavy atom. The summed E-state index contributed by atoms with van der Waals surface area (Å²) in [6.45, 7) is 7.21. The van der Waals surface area contributed by atoms with Crippen molar-refractivity contribution < 1.29 is 4.79 Å². The SMILES string of the molecule is CCCCC(CC)CNC(=O)C(C)SC. The van der Waals surface area contributed by atoms with E-state index < -0.39 is 0 Å². The maximum atomic E-state index is 11.5. The molecule has 0 saturated heterocycles. The highest BCUT2D eigenvalue weighted by Crippen LogP contribution is 2.12. The van der Waals surface area contributed by atoms with Gasteiger partial charge in [0.25, 0.3) is 0 Å². The van der Waals surface area contributed by atoms with E-state index in [-0.39, 0.29) is 11.2 Å². The van der Waals surface area contributed by atoms with Gasteiger partial charge in [0.1, 0.15) is 0 Å². The van der Waals surface area contributed by atoms with Gasteiger partial charge in [0.15, 0.2) is 0 Å². The summed E-state index contributed by atoms with van der Waals surface area (Å²) in [5.41, 5.74) is 0. The highest BCUT2D eigenvalue weighted by Gasteiger charge is 2.12. The molecule has 15 heavy (non-hydrogen) atoms. The molecule has 0 rings (SSSR count). The van der Waals surface area contributed by atoms with Gasteiger partial charge in [0, 0.05) is 6.54 Å². The summed E-state index contributed by atoms with van der Waals surface area (Å²) >= 11 is 1.60. The number of hydrogen-bond acceptors (Lipinski definition) is 2. The predicted molar refractivity (Wildman–Crippen MR) is 69.3 cm³/mol. The van der Waals surface area contributed by atoms with E-state index in [2.05, 4.69) is 19.2 Å². The van der Waals surface area contributed by atoms with Crippen LogP contribution in [-0.4, -0.2) is 24.0 Å². The third-order valence-electron chi connectivity index (χ3n) is 2.83. The lowest BCUT2D eigenvalue weighted by Crippen LogP contribution is -2.34. The van der Waals surface area contributed by atoms with E-state index in [4.69, 9.17) is 0 Å². The van der Waals surface area contributed by atoms with Gasteiger partial charge in [-0.3, -0.25) is 4.79 Å². The van der Waals surface area contributed by atoms with E-state index in [0.717, 1.165) is 13.0 Å². The Bertz CT molecular complexity index is 173. The molecule has 2 atom stereocenters. The fourth-order valence-electron chi connectivity index (χ4n) is 1.44. The fraction of sp³-hybridized carbons (Fsp3) is 0.917. The Balaban J connectivity index is 3.74. The molecule has 0 aliphatic rings. The Kier molecular flexibility index (Phi) is 8.97. The molecule has 90 valence electrons. The number of nitrogens with one attached hydrogen (secondary N) is 1. The van der Waals surface area contributed by atoms with Gasteiger partial charge in [-0.25, -0.2) is 0 Å². The summed E-state index contributed by atoms with van der Waals surface area (Å²) in [5, 5.41) is 3.11. The number of amides is 1. The van der Waals surface area contributed by atoms with Crippen molar-refractivity contribution in [2.24, 2.45) is 5.92 Å². The van der Waals surface area contributed by atoms with Crippen molar-refractivity contribution >= 4 is 17.7 Å². The minimum absolute atomic E-state index is 0.0775. The predicted octanol–water partition coefficient (Wildman–Crippen LogP) is 3.07. The Morgan fingerprint density at radius 3 is 2.53 bits per heavy atom. The van der Waals surface area contributed by atoms with Crippen LogP contribution in [-0.2, 0) is 4.79 Å². The maximum absolute atomic E-state index is 11.5. The standard InChI is InChI=1S/C12H25NOS/c1-5-7-8-11(6-2)9-13-12(14)10(3)15-4/h10-11H,5-9H2,1-4H3,(H,13,14). The maximum Gasteiger partial charge on any atom is 0.232 e. The summed E-state index contributed by atoms with van der Waals surface area (Å²) in [6.07, 6.45) is 6.88. The van der Waals surface area contributed by atoms with Crippen molar-refractivity contribution in [1.82, 2.24) is 5.32 Å². The zero-order valence-corrected chi connectivity index (χ0v) is 11.3. The molecule has 2 unspecified atom stereocenters. The van der Waals surface area contributed by atoms with Crippen LogP contribution in [0.15, 0.2) is 0 Å². The van der Waals surface area contributed by atoms with E-state index in [1.165, 1.54) is 19.3 Å². The fourth-order valence-corrected chi connectivity index (χ4v) is 1.74. The lowest BCUT2D eigenvalue weighted by molar-refractivity contribution is -0.120. The van der Waals surface area contributed by atoms with Gasteiger partial charge >= 0.3 is 0 Å². The summed E-state index contributed by atoms with van der Waals surface area (Å²) in [7, 11) is 0. The topological polar surface area (TPSA) is 29.1 Å². The Morgan fingerprint density at radius 1 is 1.40 bits per heavy atom. The van der Waals surface area contributed by atoms with E-state index in [0.29, 0.717) is 5.92 Å². The molecule has 0 heterocycles. The van der Waals surface area contributed by atoms with Crippen molar-refractivity contribution in [1.29, 1.82) is 0 Å². The average molecular weight is 231 g/mol. The van der Waals surface area contributed by atoms with Crippen LogP contribution < -0.4 is 5.32 Å². The summed E-state index contributed by atoms with van der Waals surface area (Å²) in [5.74, 6) is 0.834. The lowest BCUT2D eigenvalue weighted by atomic mass is 9.99. The number of carbonyl (C=O) groups excluding carboxylic acids is 1. The van der Waals surface area contributed by atoms with Gasteiger partial charge in [-0.05, 0) is 25.5 Å². The third kappa shape index (κ3) is 6.82. The molecule has 0 bridgehead atoms. The molecular weight excluding hydrogens is 206 g/mol. The second kappa shape index (κ2) is 9.08. The summed E-state index contributed by atoms with van der Waals surface area (Å²) < 4.78 is 0. The van der Waals surface area contributed by atoms with Crippen LogP contribution >= 0.6 is 11.8 Å². The highest BCUT2D eigenvalue weighted by molar-refractivity contribution is 7.99. The minimum Gasteiger partial charge on any atom is -0.355 e. The molecule has 0 aliphatic carbocycles. The van der Waals surface area contributed by atoms with Crippen molar-refractivity contribution in [2.75, 3.05) is 12.8 Å². The second-order valence-corrected chi connectivity index (χ2v) is 5.22. The first-order chi connectivity index (χ1) is 7.15. The first kappa shape index (κ1) is 14.8. The van der Waals surface area contributed by atoms with Crippen LogP contribution in [0, 0.1) is 5.92 Å². The van der Waals surface area contributed by atoms with Crippen molar-refractivity contribution in [3.05, 3.63) is 0 Å². The van der Waals surface area contributed by atoms with Crippen molar-refractivity contribution in [2.45, 2.75) is 51.7 Å². The van der Waals surface area contributed by atoms with Gasteiger partial charge in [0.2, 0.25) is 5.91 Å². The largest absolute Gasteiger partial charge is 0.355 e. The van der Waals surface area contributed by atoms with Gasteiger partial charge in [-0.1, -0.05) is 33.1 Å². The van der Waals surface area contributed by atoms with E-state index in [9.17, 15) is 4.79 Å². The van der Waals surface area contributed by atoms with Crippen LogP contribution in [0.5, 0.6) is 0 Å². The third-order valence-corrected chi connectivity index (χ3v) is 3.75. The first-order valence-corrected chi connectivity index (χ1v) is 7.24. The number of unbranched alkanes of at least 4 members (excludes halogenated alkanes) is 1. The van der Waals surface area contributed by atoms with Gasteiger partial charge < -0.3 is 5.32 Å². The molecule has 0 saturated carbocycles. The number of hydrogen-bond donors (Lipinski definition) is 1. The molecule has 0 spiro atoms. The molecule has 1 N–H and O–H groups in total. The Hall–Kier alpha value is -0.180. The van der Waals surface area contributed by atoms with Crippen LogP contribution in [0.4, 0.5) is 0 Å². The summed E-state index contributed by atoms with van der Waals surface area (Å²) in [4.78, 5) is 11.5. The van der Waals surface area contributed by atoms with Crippen molar-refractivity contribution in [3.63, 3.8) is 0 Å². The molecule has 2 nitrogen and oxygen atoms in total. The average Bonchev–Trinajstić information content (AvgIpc) is 2.27. The summed E-state index contributed by atoms with van der Waals surface area (Å²) in [6, 6.07) is 0. The molecule has 0 radical (unpaired) electrons. The second-order valence-electron chi connectivity index (χ2n) is 4.04. The molecule has 0 aromatic heterocycles. The number of carbonyl (C=O) groups is 1. The van der Waals surface area contributed by atoms with Crippen molar-refractivity contribution in [3.8, 4) is 0 Å². The molecule has 3 heteroatoms.